The number of carbonyl (C=O) groups is 5. The molecule has 4 atom stereocenters. The first-order chi connectivity index (χ1) is 22.7. The van der Waals surface area contributed by atoms with Crippen LogP contribution in [0.5, 0.6) is 0 Å². The van der Waals surface area contributed by atoms with Gasteiger partial charge in [0.2, 0.25) is 23.6 Å². The third-order valence-electron chi connectivity index (χ3n) is 8.17. The molecule has 1 aliphatic rings. The number of carbonyl (C=O) groups excluding carboxylic acids is 5. The molecular weight excluding hydrogens is 596 g/mol. The van der Waals surface area contributed by atoms with Gasteiger partial charge in [0.25, 0.3) is 0 Å². The molecule has 0 aromatic heterocycles. The average molecular weight is 641 g/mol. The van der Waals surface area contributed by atoms with Crippen molar-refractivity contribution >= 4 is 35.6 Å². The lowest BCUT2D eigenvalue weighted by atomic mass is 10.0. The Labute approximate surface area is 276 Å². The molecule has 0 saturated carbocycles. The quantitative estimate of drug-likeness (QED) is 0.216. The highest BCUT2D eigenvalue weighted by atomic mass is 16.5. The van der Waals surface area contributed by atoms with Crippen LogP contribution in [0, 0.1) is 5.92 Å². The van der Waals surface area contributed by atoms with E-state index in [1.165, 1.54) is 4.90 Å². The minimum atomic E-state index is -0.879. The number of hydrogen-bond acceptors (Lipinski definition) is 6. The summed E-state index contributed by atoms with van der Waals surface area (Å²) in [5.41, 5.74) is 3.22. The van der Waals surface area contributed by atoms with Crippen LogP contribution in [-0.4, -0.2) is 65.6 Å². The van der Waals surface area contributed by atoms with Crippen LogP contribution in [0.15, 0.2) is 84.9 Å². The van der Waals surface area contributed by atoms with Gasteiger partial charge in [-0.05, 0) is 41.2 Å². The van der Waals surface area contributed by atoms with Gasteiger partial charge in [-0.3, -0.25) is 19.2 Å². The molecule has 1 heterocycles. The minimum absolute atomic E-state index is 0.0268. The number of benzene rings is 3. The van der Waals surface area contributed by atoms with E-state index in [2.05, 4.69) is 16.0 Å². The van der Waals surface area contributed by atoms with E-state index in [-0.39, 0.29) is 49.4 Å². The molecule has 3 aromatic rings. The molecular formula is C37H44N4O6. The Bertz CT molecular complexity index is 1500. The SMILES string of the molecule is CC[C@@H](C=O)NC(=O)[C@@H]1C[C@@H](OCc2ccccc2)CN1C(=O)[C@@H](NC(=O)Cc1ccc(NC(=O)Cc2ccccc2)cc1)C(C)C. The number of likely N-dealkylation sites (tertiary alicyclic amines) is 1. The smallest absolute Gasteiger partial charge is 0.246 e. The van der Waals surface area contributed by atoms with E-state index in [0.717, 1.165) is 11.1 Å². The maximum absolute atomic E-state index is 14.0. The van der Waals surface area contributed by atoms with Gasteiger partial charge in [-0.2, -0.15) is 0 Å². The summed E-state index contributed by atoms with van der Waals surface area (Å²) in [5, 5.41) is 8.49. The molecule has 1 saturated heterocycles. The standard InChI is InChI=1S/C37H44N4O6/c1-4-29(23-42)39-36(45)32-21-31(47-24-28-13-9-6-10-14-28)22-41(32)37(46)35(25(2)3)40-34(44)20-27-15-17-30(18-16-27)38-33(43)19-26-11-7-5-8-12-26/h5-18,23,25,29,31-32,35H,4,19-22,24H2,1-3H3,(H,38,43)(H,39,45)(H,40,44)/t29-,31+,32-,35-/m0/s1. The molecule has 1 aliphatic heterocycles. The number of rotatable bonds is 15. The minimum Gasteiger partial charge on any atom is -0.372 e. The predicted octanol–water partition coefficient (Wildman–Crippen LogP) is 3.83. The highest BCUT2D eigenvalue weighted by molar-refractivity contribution is 5.94. The number of anilines is 1. The van der Waals surface area contributed by atoms with Crippen LogP contribution in [0.4, 0.5) is 5.69 Å². The highest BCUT2D eigenvalue weighted by Crippen LogP contribution is 2.24. The summed E-state index contributed by atoms with van der Waals surface area (Å²) in [6.45, 7) is 5.97. The third-order valence-corrected chi connectivity index (χ3v) is 8.17. The van der Waals surface area contributed by atoms with Gasteiger partial charge in [-0.25, -0.2) is 0 Å². The van der Waals surface area contributed by atoms with Crippen LogP contribution in [-0.2, 0) is 48.2 Å². The summed E-state index contributed by atoms with van der Waals surface area (Å²) >= 11 is 0. The summed E-state index contributed by atoms with van der Waals surface area (Å²) < 4.78 is 6.11. The Kier molecular flexibility index (Phi) is 12.8. The number of amides is 4. The summed E-state index contributed by atoms with van der Waals surface area (Å²) in [6, 6.07) is 23.7. The van der Waals surface area contributed by atoms with E-state index in [9.17, 15) is 24.0 Å². The second-order valence-corrected chi connectivity index (χ2v) is 12.2. The molecule has 248 valence electrons. The molecule has 0 unspecified atom stereocenters. The van der Waals surface area contributed by atoms with E-state index >= 15 is 0 Å². The summed E-state index contributed by atoms with van der Waals surface area (Å²) in [4.78, 5) is 65.8. The molecule has 10 nitrogen and oxygen atoms in total. The van der Waals surface area contributed by atoms with E-state index in [1.807, 2.05) is 74.5 Å². The Hall–Kier alpha value is -4.83. The van der Waals surface area contributed by atoms with Crippen molar-refractivity contribution in [3.8, 4) is 0 Å². The van der Waals surface area contributed by atoms with E-state index in [0.29, 0.717) is 30.6 Å². The Balaban J connectivity index is 1.39. The maximum atomic E-state index is 14.0. The second kappa shape index (κ2) is 17.2. The van der Waals surface area contributed by atoms with Gasteiger partial charge < -0.3 is 30.4 Å². The third kappa shape index (κ3) is 10.3. The lowest BCUT2D eigenvalue weighted by Gasteiger charge is -2.30. The number of ether oxygens (including phenoxy) is 1. The monoisotopic (exact) mass is 640 g/mol. The van der Waals surface area contributed by atoms with Crippen LogP contribution in [0.3, 0.4) is 0 Å². The van der Waals surface area contributed by atoms with Crippen LogP contribution >= 0.6 is 0 Å². The van der Waals surface area contributed by atoms with Gasteiger partial charge in [0.15, 0.2) is 0 Å². The molecule has 1 fully saturated rings. The van der Waals surface area contributed by atoms with Crippen molar-refractivity contribution in [3.05, 3.63) is 102 Å². The molecule has 0 radical (unpaired) electrons. The van der Waals surface area contributed by atoms with Gasteiger partial charge in [0, 0.05) is 18.7 Å². The van der Waals surface area contributed by atoms with Crippen molar-refractivity contribution in [3.63, 3.8) is 0 Å². The lowest BCUT2D eigenvalue weighted by Crippen LogP contribution is -2.56. The Morgan fingerprint density at radius 3 is 2.02 bits per heavy atom. The van der Waals surface area contributed by atoms with Crippen LogP contribution < -0.4 is 16.0 Å². The fourth-order valence-corrected chi connectivity index (χ4v) is 5.50. The molecule has 10 heteroatoms. The van der Waals surface area contributed by atoms with Crippen LogP contribution in [0.25, 0.3) is 0 Å². The molecule has 4 rings (SSSR count). The van der Waals surface area contributed by atoms with E-state index < -0.39 is 30.1 Å². The zero-order chi connectivity index (χ0) is 33.8. The van der Waals surface area contributed by atoms with Gasteiger partial charge in [0.1, 0.15) is 18.4 Å². The average Bonchev–Trinajstić information content (AvgIpc) is 3.51. The first-order valence-electron chi connectivity index (χ1n) is 16.1. The first-order valence-corrected chi connectivity index (χ1v) is 16.1. The van der Waals surface area contributed by atoms with Crippen molar-refractivity contribution in [2.45, 2.75) is 77.3 Å². The highest BCUT2D eigenvalue weighted by Gasteiger charge is 2.43. The number of aldehydes is 1. The first kappa shape index (κ1) is 35.0. The van der Waals surface area contributed by atoms with Gasteiger partial charge in [-0.15, -0.1) is 0 Å². The Morgan fingerprint density at radius 1 is 0.830 bits per heavy atom. The summed E-state index contributed by atoms with van der Waals surface area (Å²) in [6.07, 6.45) is 1.26. The fraction of sp³-hybridized carbons (Fsp3) is 0.378. The zero-order valence-corrected chi connectivity index (χ0v) is 27.2. The summed E-state index contributed by atoms with van der Waals surface area (Å²) in [7, 11) is 0. The van der Waals surface area contributed by atoms with E-state index in [4.69, 9.17) is 4.74 Å². The van der Waals surface area contributed by atoms with Crippen molar-refractivity contribution in [2.75, 3.05) is 11.9 Å². The van der Waals surface area contributed by atoms with Crippen molar-refractivity contribution in [1.82, 2.24) is 15.5 Å². The molecule has 0 spiro atoms. The second-order valence-electron chi connectivity index (χ2n) is 12.2. The molecule has 0 aliphatic carbocycles. The molecule has 47 heavy (non-hydrogen) atoms. The zero-order valence-electron chi connectivity index (χ0n) is 27.2. The number of nitrogens with one attached hydrogen (secondary N) is 3. The Morgan fingerprint density at radius 2 is 1.43 bits per heavy atom. The predicted molar refractivity (Wildman–Crippen MR) is 179 cm³/mol. The van der Waals surface area contributed by atoms with Crippen molar-refractivity contribution in [1.29, 1.82) is 0 Å². The number of nitrogens with zero attached hydrogens (tertiary/aromatic N) is 1. The molecule has 3 aromatic carbocycles. The fourth-order valence-electron chi connectivity index (χ4n) is 5.50. The summed E-state index contributed by atoms with van der Waals surface area (Å²) in [5.74, 6) is -1.55. The maximum Gasteiger partial charge on any atom is 0.246 e. The van der Waals surface area contributed by atoms with Crippen LogP contribution in [0.2, 0.25) is 0 Å². The molecule has 3 N–H and O–H groups in total. The van der Waals surface area contributed by atoms with Crippen molar-refractivity contribution < 1.29 is 28.7 Å². The van der Waals surface area contributed by atoms with E-state index in [1.54, 1.807) is 31.2 Å². The normalized spacial score (nSPS) is 17.1. The van der Waals surface area contributed by atoms with Gasteiger partial charge in [0.05, 0.1) is 31.6 Å². The topological polar surface area (TPSA) is 134 Å². The number of hydrogen-bond donors (Lipinski definition) is 3. The van der Waals surface area contributed by atoms with Crippen molar-refractivity contribution in [2.24, 2.45) is 5.92 Å². The van der Waals surface area contributed by atoms with Gasteiger partial charge in [-0.1, -0.05) is 93.6 Å². The molecule has 0 bridgehead atoms. The van der Waals surface area contributed by atoms with Gasteiger partial charge >= 0.3 is 0 Å². The molecule has 4 amide bonds. The lowest BCUT2D eigenvalue weighted by molar-refractivity contribution is -0.142. The van der Waals surface area contributed by atoms with Crippen LogP contribution in [0.1, 0.15) is 50.3 Å². The largest absolute Gasteiger partial charge is 0.372 e.